The Morgan fingerprint density at radius 1 is 1.33 bits per heavy atom. The van der Waals surface area contributed by atoms with E-state index in [2.05, 4.69) is 5.32 Å². The van der Waals surface area contributed by atoms with Crippen LogP contribution in [0, 0.1) is 0 Å². The molecule has 1 heterocycles. The molecule has 1 aliphatic heterocycles. The number of nitrogens with one attached hydrogen (secondary N) is 1. The van der Waals surface area contributed by atoms with E-state index in [1.165, 1.54) is 4.90 Å². The maximum Gasteiger partial charge on any atom is 0.316 e. The van der Waals surface area contributed by atoms with E-state index in [0.717, 1.165) is 24.1 Å². The Morgan fingerprint density at radius 3 is 2.94 bits per heavy atom. The van der Waals surface area contributed by atoms with E-state index in [9.17, 15) is 9.59 Å². The van der Waals surface area contributed by atoms with Crippen LogP contribution in [0.1, 0.15) is 12.0 Å². The highest BCUT2D eigenvalue weighted by molar-refractivity contribution is 6.41. The Bertz CT molecular complexity index is 459. The fourth-order valence-corrected chi connectivity index (χ4v) is 2.01. The van der Waals surface area contributed by atoms with E-state index in [1.54, 1.807) is 0 Å². The van der Waals surface area contributed by atoms with Crippen molar-refractivity contribution in [2.45, 2.75) is 12.8 Å². The van der Waals surface area contributed by atoms with E-state index >= 15 is 0 Å². The van der Waals surface area contributed by atoms with Crippen molar-refractivity contribution in [2.24, 2.45) is 5.73 Å². The Morgan fingerprint density at radius 2 is 2.17 bits per heavy atom. The molecule has 2 rings (SSSR count). The zero-order chi connectivity index (χ0) is 13.0. The van der Waals surface area contributed by atoms with Crippen molar-refractivity contribution >= 4 is 17.5 Å². The number of rotatable bonds is 4. The van der Waals surface area contributed by atoms with Crippen LogP contribution in [0.5, 0.6) is 0 Å². The summed E-state index contributed by atoms with van der Waals surface area (Å²) < 4.78 is 0. The summed E-state index contributed by atoms with van der Waals surface area (Å²) in [7, 11) is 0. The van der Waals surface area contributed by atoms with Crippen LogP contribution in [0.2, 0.25) is 0 Å². The number of nitrogens with zero attached hydrogens (tertiary/aromatic N) is 1. The number of amides is 2. The van der Waals surface area contributed by atoms with Crippen LogP contribution in [0.3, 0.4) is 0 Å². The molecule has 3 N–H and O–H groups in total. The predicted molar refractivity (Wildman–Crippen MR) is 69.2 cm³/mol. The van der Waals surface area contributed by atoms with Crippen LogP contribution in [0.4, 0.5) is 5.69 Å². The van der Waals surface area contributed by atoms with Gasteiger partial charge in [0.2, 0.25) is 0 Å². The van der Waals surface area contributed by atoms with E-state index < -0.39 is 11.8 Å². The maximum absolute atomic E-state index is 11.7. The molecule has 0 unspecified atom stereocenters. The van der Waals surface area contributed by atoms with Gasteiger partial charge in [0.05, 0.1) is 0 Å². The molecule has 96 valence electrons. The molecule has 5 nitrogen and oxygen atoms in total. The summed E-state index contributed by atoms with van der Waals surface area (Å²) in [6, 6.07) is 7.71. The molecule has 0 aliphatic carbocycles. The number of nitrogens with two attached hydrogens (primary N) is 1. The number of benzene rings is 1. The normalized spacial score (nSPS) is 15.7. The van der Waals surface area contributed by atoms with Gasteiger partial charge < -0.3 is 16.0 Å². The summed E-state index contributed by atoms with van der Waals surface area (Å²) in [6.45, 7) is 1.66. The highest BCUT2D eigenvalue weighted by atomic mass is 16.2. The van der Waals surface area contributed by atoms with Gasteiger partial charge in [-0.1, -0.05) is 12.1 Å². The largest absolute Gasteiger partial charge is 0.346 e. The summed E-state index contributed by atoms with van der Waals surface area (Å²) >= 11 is 0. The molecule has 1 aliphatic rings. The van der Waals surface area contributed by atoms with Gasteiger partial charge >= 0.3 is 11.8 Å². The van der Waals surface area contributed by atoms with Crippen LogP contribution in [0.25, 0.3) is 0 Å². The third-order valence-electron chi connectivity index (χ3n) is 2.95. The van der Waals surface area contributed by atoms with Gasteiger partial charge in [0, 0.05) is 18.8 Å². The van der Waals surface area contributed by atoms with E-state index in [0.29, 0.717) is 19.6 Å². The molecule has 1 fully saturated rings. The number of piperazine rings is 1. The molecule has 0 spiro atoms. The second-order valence-electron chi connectivity index (χ2n) is 4.27. The zero-order valence-electron chi connectivity index (χ0n) is 10.2. The van der Waals surface area contributed by atoms with Crippen molar-refractivity contribution < 1.29 is 9.59 Å². The fourth-order valence-electron chi connectivity index (χ4n) is 2.01. The molecule has 18 heavy (non-hydrogen) atoms. The van der Waals surface area contributed by atoms with Crippen LogP contribution in [0.15, 0.2) is 24.3 Å². The molecule has 1 saturated heterocycles. The summed E-state index contributed by atoms with van der Waals surface area (Å²) in [5, 5.41) is 2.53. The number of carbonyl (C=O) groups is 2. The van der Waals surface area contributed by atoms with Gasteiger partial charge in [-0.2, -0.15) is 0 Å². The highest BCUT2D eigenvalue weighted by Crippen LogP contribution is 2.18. The van der Waals surface area contributed by atoms with Crippen molar-refractivity contribution in [1.82, 2.24) is 5.32 Å². The van der Waals surface area contributed by atoms with Crippen molar-refractivity contribution in [3.8, 4) is 0 Å². The van der Waals surface area contributed by atoms with Gasteiger partial charge in [0.25, 0.3) is 0 Å². The molecule has 1 aromatic carbocycles. The Kier molecular flexibility index (Phi) is 3.94. The van der Waals surface area contributed by atoms with Crippen LogP contribution < -0.4 is 16.0 Å². The molecular weight excluding hydrogens is 230 g/mol. The molecule has 1 aromatic rings. The Balaban J connectivity index is 2.16. The van der Waals surface area contributed by atoms with E-state index in [-0.39, 0.29) is 0 Å². The van der Waals surface area contributed by atoms with Crippen molar-refractivity contribution in [3.05, 3.63) is 29.8 Å². The van der Waals surface area contributed by atoms with Crippen LogP contribution in [-0.2, 0) is 16.0 Å². The van der Waals surface area contributed by atoms with Gasteiger partial charge in [-0.15, -0.1) is 0 Å². The van der Waals surface area contributed by atoms with E-state index in [1.807, 2.05) is 24.3 Å². The highest BCUT2D eigenvalue weighted by Gasteiger charge is 2.27. The lowest BCUT2D eigenvalue weighted by Crippen LogP contribution is -2.52. The van der Waals surface area contributed by atoms with Gasteiger partial charge in [-0.3, -0.25) is 9.59 Å². The molecule has 0 bridgehead atoms. The lowest BCUT2D eigenvalue weighted by Gasteiger charge is -2.26. The Labute approximate surface area is 106 Å². The average Bonchev–Trinajstić information content (AvgIpc) is 2.40. The summed E-state index contributed by atoms with van der Waals surface area (Å²) in [5.41, 5.74) is 7.40. The van der Waals surface area contributed by atoms with Gasteiger partial charge in [-0.25, -0.2) is 0 Å². The minimum absolute atomic E-state index is 0.489. The monoisotopic (exact) mass is 247 g/mol. The topological polar surface area (TPSA) is 75.4 Å². The molecule has 0 atom stereocenters. The number of hydrogen-bond donors (Lipinski definition) is 2. The molecule has 0 saturated carbocycles. The quantitative estimate of drug-likeness (QED) is 0.738. The smallest absolute Gasteiger partial charge is 0.316 e. The molecular formula is C13H17N3O2. The van der Waals surface area contributed by atoms with Crippen LogP contribution in [-0.4, -0.2) is 31.4 Å². The van der Waals surface area contributed by atoms with Gasteiger partial charge in [-0.05, 0) is 37.1 Å². The summed E-state index contributed by atoms with van der Waals surface area (Å²) in [5.74, 6) is -1.02. The Hall–Kier alpha value is -1.88. The average molecular weight is 247 g/mol. The first-order valence-electron chi connectivity index (χ1n) is 6.11. The third kappa shape index (κ3) is 2.68. The zero-order valence-corrected chi connectivity index (χ0v) is 10.2. The molecule has 5 heteroatoms. The lowest BCUT2D eigenvalue weighted by molar-refractivity contribution is -0.138. The molecule has 0 aromatic heterocycles. The van der Waals surface area contributed by atoms with E-state index in [4.69, 9.17) is 5.73 Å². The first-order chi connectivity index (χ1) is 8.72. The summed E-state index contributed by atoms with van der Waals surface area (Å²) in [6.07, 6.45) is 1.80. The minimum Gasteiger partial charge on any atom is -0.346 e. The SMILES string of the molecule is NCCCc1cccc(N2CCNC(=O)C2=O)c1. The number of hydrogen-bond acceptors (Lipinski definition) is 3. The molecule has 0 radical (unpaired) electrons. The first kappa shape index (κ1) is 12.6. The number of carbonyl (C=O) groups excluding carboxylic acids is 2. The summed E-state index contributed by atoms with van der Waals surface area (Å²) in [4.78, 5) is 24.6. The second kappa shape index (κ2) is 5.64. The first-order valence-corrected chi connectivity index (χ1v) is 6.11. The minimum atomic E-state index is -0.534. The van der Waals surface area contributed by atoms with Crippen molar-refractivity contribution in [1.29, 1.82) is 0 Å². The fraction of sp³-hybridized carbons (Fsp3) is 0.385. The lowest BCUT2D eigenvalue weighted by atomic mass is 10.1. The van der Waals surface area contributed by atoms with Crippen LogP contribution >= 0.6 is 0 Å². The third-order valence-corrected chi connectivity index (χ3v) is 2.95. The van der Waals surface area contributed by atoms with Crippen molar-refractivity contribution in [2.75, 3.05) is 24.5 Å². The number of aryl methyl sites for hydroxylation is 1. The standard InChI is InChI=1S/C13H17N3O2/c14-6-2-4-10-3-1-5-11(9-10)16-8-7-15-12(17)13(16)18/h1,3,5,9H,2,4,6-8,14H2,(H,15,17). The maximum atomic E-state index is 11.7. The predicted octanol–water partition coefficient (Wildman–Crippen LogP) is 0.0407. The second-order valence-corrected chi connectivity index (χ2v) is 4.27. The molecule has 2 amide bonds. The van der Waals surface area contributed by atoms with Gasteiger partial charge in [0.1, 0.15) is 0 Å². The van der Waals surface area contributed by atoms with Gasteiger partial charge in [0.15, 0.2) is 0 Å². The number of anilines is 1. The van der Waals surface area contributed by atoms with Crippen molar-refractivity contribution in [3.63, 3.8) is 0 Å².